The van der Waals surface area contributed by atoms with Crippen LogP contribution in [0.25, 0.3) is 0 Å². The van der Waals surface area contributed by atoms with Crippen LogP contribution in [0, 0.1) is 17.6 Å². The number of benzene rings is 3. The van der Waals surface area contributed by atoms with Crippen molar-refractivity contribution in [2.24, 2.45) is 5.92 Å². The molecule has 0 saturated carbocycles. The summed E-state index contributed by atoms with van der Waals surface area (Å²) in [4.78, 5) is 15.2. The number of halogens is 2. The molecule has 1 aliphatic rings. The van der Waals surface area contributed by atoms with Gasteiger partial charge in [-0.1, -0.05) is 32.9 Å². The quantitative estimate of drug-likeness (QED) is 0.0778. The number of carbonyl (C=O) groups excluding carboxylic acids is 1. The molecule has 4 rings (SSSR count). The highest BCUT2D eigenvalue weighted by Crippen LogP contribution is 2.50. The SMILES string of the molecule is CC(C)(C)[Si](C)(C)OC(CCC1C(=O)N(c2ccc(F)cc2)C1c1ccc(OCCCOS(=O)(=O)O)cc1O)c1ccc(F)cc1. The molecule has 3 atom stereocenters. The molecule has 46 heavy (non-hydrogen) atoms. The summed E-state index contributed by atoms with van der Waals surface area (Å²) in [5.41, 5.74) is 1.77. The van der Waals surface area contributed by atoms with Crippen molar-refractivity contribution < 1.29 is 45.0 Å². The highest BCUT2D eigenvalue weighted by molar-refractivity contribution is 7.80. The van der Waals surface area contributed by atoms with E-state index in [1.54, 1.807) is 24.3 Å². The topological polar surface area (TPSA) is 123 Å². The van der Waals surface area contributed by atoms with Crippen molar-refractivity contribution in [2.45, 2.75) is 70.3 Å². The lowest BCUT2D eigenvalue weighted by molar-refractivity contribution is -0.131. The van der Waals surface area contributed by atoms with Crippen LogP contribution in [-0.2, 0) is 23.8 Å². The van der Waals surface area contributed by atoms with Crippen molar-refractivity contribution in [3.8, 4) is 11.5 Å². The molecule has 1 fully saturated rings. The summed E-state index contributed by atoms with van der Waals surface area (Å²) < 4.78 is 74.3. The minimum absolute atomic E-state index is 0.0551. The second-order valence-corrected chi connectivity index (χ2v) is 18.8. The van der Waals surface area contributed by atoms with Gasteiger partial charge in [0.15, 0.2) is 8.32 Å². The van der Waals surface area contributed by atoms with Crippen LogP contribution in [-0.4, -0.2) is 45.5 Å². The van der Waals surface area contributed by atoms with Gasteiger partial charge in [-0.25, -0.2) is 13.0 Å². The Balaban J connectivity index is 1.58. The van der Waals surface area contributed by atoms with E-state index in [2.05, 4.69) is 38.0 Å². The fourth-order valence-electron chi connectivity index (χ4n) is 5.19. The van der Waals surface area contributed by atoms with E-state index in [-0.39, 0.29) is 48.3 Å². The van der Waals surface area contributed by atoms with Crippen molar-refractivity contribution in [1.82, 2.24) is 0 Å². The molecular weight excluding hydrogens is 637 g/mol. The molecule has 9 nitrogen and oxygen atoms in total. The maximum Gasteiger partial charge on any atom is 0.397 e. The zero-order chi connectivity index (χ0) is 33.9. The Kier molecular flexibility index (Phi) is 10.9. The van der Waals surface area contributed by atoms with Crippen LogP contribution in [0.15, 0.2) is 66.7 Å². The molecule has 3 aromatic rings. The van der Waals surface area contributed by atoms with Gasteiger partial charge in [-0.3, -0.25) is 9.35 Å². The Hall–Kier alpha value is -3.36. The second-order valence-electron chi connectivity index (χ2n) is 12.9. The standard InChI is InChI=1S/C33H41F2NO8SSi/c1-33(2,3)46(4,5)44-30(22-7-9-23(34)10-8-22)18-17-28-31(36(32(28)38)25-13-11-24(35)12-14-25)27-16-15-26(21-29(27)37)42-19-6-20-43-45(39,40)41/h7-16,21,28,30-31,37H,6,17-20H2,1-5H3,(H,39,40,41). The first-order valence-electron chi connectivity index (χ1n) is 15.1. The Labute approximate surface area is 270 Å². The number of phenols is 1. The van der Waals surface area contributed by atoms with Crippen LogP contribution in [0.4, 0.5) is 14.5 Å². The number of rotatable bonds is 14. The third-order valence-corrected chi connectivity index (χ3v) is 13.6. The van der Waals surface area contributed by atoms with Crippen LogP contribution >= 0.6 is 0 Å². The van der Waals surface area contributed by atoms with E-state index in [1.807, 2.05) is 0 Å². The number of phenolic OH excluding ortho intramolecular Hbond substituents is 1. The van der Waals surface area contributed by atoms with Crippen LogP contribution in [0.3, 0.4) is 0 Å². The normalized spacial score (nSPS) is 17.9. The summed E-state index contributed by atoms with van der Waals surface area (Å²) in [6.07, 6.45) is 0.648. The summed E-state index contributed by atoms with van der Waals surface area (Å²) >= 11 is 0. The van der Waals surface area contributed by atoms with E-state index < -0.39 is 36.5 Å². The maximum absolute atomic E-state index is 13.8. The van der Waals surface area contributed by atoms with E-state index in [9.17, 15) is 27.1 Å². The molecule has 3 aromatic carbocycles. The van der Waals surface area contributed by atoms with Crippen molar-refractivity contribution in [3.05, 3.63) is 89.5 Å². The lowest BCUT2D eigenvalue weighted by atomic mass is 9.78. The van der Waals surface area contributed by atoms with Crippen molar-refractivity contribution in [1.29, 1.82) is 0 Å². The molecule has 2 N–H and O–H groups in total. The van der Waals surface area contributed by atoms with Crippen molar-refractivity contribution >= 4 is 30.3 Å². The van der Waals surface area contributed by atoms with Crippen molar-refractivity contribution in [2.75, 3.05) is 18.1 Å². The second kappa shape index (κ2) is 14.2. The lowest BCUT2D eigenvalue weighted by Gasteiger charge is -2.48. The van der Waals surface area contributed by atoms with Crippen LogP contribution in [0.1, 0.15) is 63.3 Å². The van der Waals surface area contributed by atoms with E-state index in [0.29, 0.717) is 29.8 Å². The minimum Gasteiger partial charge on any atom is -0.507 e. The molecule has 0 spiro atoms. The van der Waals surface area contributed by atoms with Crippen LogP contribution in [0.5, 0.6) is 11.5 Å². The zero-order valence-corrected chi connectivity index (χ0v) is 28.4. The van der Waals surface area contributed by atoms with Gasteiger partial charge in [0.1, 0.15) is 23.1 Å². The molecule has 0 aromatic heterocycles. The van der Waals surface area contributed by atoms with Gasteiger partial charge >= 0.3 is 10.4 Å². The third-order valence-electron chi connectivity index (χ3n) is 8.65. The Morgan fingerprint density at radius 3 is 2.13 bits per heavy atom. The van der Waals surface area contributed by atoms with Gasteiger partial charge in [-0.2, -0.15) is 8.42 Å². The molecule has 0 radical (unpaired) electrons. The lowest BCUT2D eigenvalue weighted by Crippen LogP contribution is -2.55. The number of hydrogen-bond donors (Lipinski definition) is 2. The average molecular weight is 678 g/mol. The van der Waals surface area contributed by atoms with Gasteiger partial charge in [0, 0.05) is 23.7 Å². The number of aromatic hydroxyl groups is 1. The van der Waals surface area contributed by atoms with Crippen LogP contribution < -0.4 is 9.64 Å². The average Bonchev–Trinajstić information content (AvgIpc) is 2.96. The van der Waals surface area contributed by atoms with Gasteiger partial charge in [0.25, 0.3) is 0 Å². The molecule has 3 unspecified atom stereocenters. The fourth-order valence-corrected chi connectivity index (χ4v) is 6.83. The summed E-state index contributed by atoms with van der Waals surface area (Å²) in [6.45, 7) is 10.5. The number of amides is 1. The first-order chi connectivity index (χ1) is 21.5. The number of carbonyl (C=O) groups is 1. The third kappa shape index (κ3) is 8.71. The molecule has 1 aliphatic heterocycles. The molecule has 1 heterocycles. The largest absolute Gasteiger partial charge is 0.507 e. The van der Waals surface area contributed by atoms with Gasteiger partial charge in [0.2, 0.25) is 5.91 Å². The van der Waals surface area contributed by atoms with E-state index in [4.69, 9.17) is 13.7 Å². The van der Waals surface area contributed by atoms with E-state index >= 15 is 0 Å². The minimum atomic E-state index is -4.54. The Morgan fingerprint density at radius 2 is 1.57 bits per heavy atom. The first-order valence-corrected chi connectivity index (χ1v) is 19.3. The van der Waals surface area contributed by atoms with Crippen molar-refractivity contribution in [3.63, 3.8) is 0 Å². The zero-order valence-electron chi connectivity index (χ0n) is 26.6. The number of ether oxygens (including phenoxy) is 1. The number of nitrogens with zero attached hydrogens (tertiary/aromatic N) is 1. The first kappa shape index (κ1) is 35.5. The molecule has 250 valence electrons. The summed E-state index contributed by atoms with van der Waals surface area (Å²) in [5, 5.41) is 11.0. The number of hydrogen-bond acceptors (Lipinski definition) is 7. The monoisotopic (exact) mass is 677 g/mol. The van der Waals surface area contributed by atoms with Crippen LogP contribution in [0.2, 0.25) is 18.1 Å². The molecular formula is C33H41F2NO8SSi. The molecule has 0 aliphatic carbocycles. The van der Waals surface area contributed by atoms with E-state index in [0.717, 1.165) is 5.56 Å². The maximum atomic E-state index is 13.8. The number of anilines is 1. The summed E-state index contributed by atoms with van der Waals surface area (Å²) in [7, 11) is -6.81. The predicted octanol–water partition coefficient (Wildman–Crippen LogP) is 7.51. The summed E-state index contributed by atoms with van der Waals surface area (Å²) in [5.74, 6) is -1.32. The Morgan fingerprint density at radius 1 is 0.957 bits per heavy atom. The molecule has 13 heteroatoms. The van der Waals surface area contributed by atoms with Gasteiger partial charge in [0.05, 0.1) is 31.3 Å². The van der Waals surface area contributed by atoms with E-state index in [1.165, 1.54) is 47.4 Å². The van der Waals surface area contributed by atoms with Gasteiger partial charge in [-0.15, -0.1) is 0 Å². The smallest absolute Gasteiger partial charge is 0.397 e. The molecule has 1 saturated heterocycles. The van der Waals surface area contributed by atoms with Gasteiger partial charge in [-0.05, 0) is 85.1 Å². The highest BCUT2D eigenvalue weighted by Gasteiger charge is 2.50. The number of β-lactam (4-membered cyclic amide) rings is 1. The fraction of sp³-hybridized carbons (Fsp3) is 0.424. The highest BCUT2D eigenvalue weighted by atomic mass is 32.3. The summed E-state index contributed by atoms with van der Waals surface area (Å²) in [6, 6.07) is 15.9. The molecule has 1 amide bonds. The Bertz CT molecular complexity index is 1610. The van der Waals surface area contributed by atoms with Gasteiger partial charge < -0.3 is 19.2 Å². The molecule has 0 bridgehead atoms. The predicted molar refractivity (Wildman–Crippen MR) is 172 cm³/mol.